The first-order valence-electron chi connectivity index (χ1n) is 11.2. The molecule has 5 rings (SSSR count). The first kappa shape index (κ1) is 22.8. The van der Waals surface area contributed by atoms with E-state index in [-0.39, 0.29) is 17.9 Å². The zero-order valence-corrected chi connectivity index (χ0v) is 19.7. The fraction of sp³-hybridized carbons (Fsp3) is 0.320. The van der Waals surface area contributed by atoms with Gasteiger partial charge >= 0.3 is 0 Å². The van der Waals surface area contributed by atoms with Gasteiger partial charge in [0, 0.05) is 24.5 Å². The van der Waals surface area contributed by atoms with Gasteiger partial charge in [0.1, 0.15) is 17.5 Å². The predicted molar refractivity (Wildman–Crippen MR) is 131 cm³/mol. The van der Waals surface area contributed by atoms with Crippen molar-refractivity contribution in [2.75, 3.05) is 19.3 Å². The van der Waals surface area contributed by atoms with Crippen molar-refractivity contribution in [3.63, 3.8) is 0 Å². The van der Waals surface area contributed by atoms with Crippen LogP contribution in [0.25, 0.3) is 16.7 Å². The van der Waals surface area contributed by atoms with E-state index >= 15 is 0 Å². The molecule has 0 amide bonds. The minimum Gasteiger partial charge on any atom is -0.388 e. The van der Waals surface area contributed by atoms with Gasteiger partial charge in [-0.2, -0.15) is 5.10 Å². The summed E-state index contributed by atoms with van der Waals surface area (Å²) in [6.07, 6.45) is 6.16. The molecule has 0 bridgehead atoms. The number of hydrogen-bond donors (Lipinski definition) is 1. The molecule has 2 aromatic heterocycles. The van der Waals surface area contributed by atoms with Gasteiger partial charge < -0.3 is 5.11 Å². The van der Waals surface area contributed by atoms with Crippen LogP contribution in [0.1, 0.15) is 18.4 Å². The molecule has 4 aromatic rings. The maximum Gasteiger partial charge on any atom is 0.264 e. The molecule has 1 aliphatic heterocycles. The van der Waals surface area contributed by atoms with E-state index in [2.05, 4.69) is 45.5 Å². The molecule has 1 aliphatic rings. The van der Waals surface area contributed by atoms with Crippen LogP contribution >= 0.6 is 11.8 Å². The molecule has 0 spiro atoms. The molecule has 1 N–H and O–H groups in total. The average Bonchev–Trinajstić information content (AvgIpc) is 3.28. The van der Waals surface area contributed by atoms with E-state index in [4.69, 9.17) is 0 Å². The molecule has 2 aromatic carbocycles. The molecule has 3 heterocycles. The zero-order chi connectivity index (χ0) is 23.7. The number of halogens is 1. The molecular formula is C25H26FN5O2S. The van der Waals surface area contributed by atoms with Crippen LogP contribution in [0, 0.1) is 5.82 Å². The molecule has 0 atom stereocenters. The number of rotatable bonds is 6. The Kier molecular flexibility index (Phi) is 6.24. The van der Waals surface area contributed by atoms with Crippen LogP contribution < -0.4 is 5.56 Å². The van der Waals surface area contributed by atoms with E-state index in [1.165, 1.54) is 44.4 Å². The van der Waals surface area contributed by atoms with E-state index in [9.17, 15) is 14.3 Å². The molecule has 0 unspecified atom stereocenters. The summed E-state index contributed by atoms with van der Waals surface area (Å²) >= 11 is 1.73. The van der Waals surface area contributed by atoms with Crippen LogP contribution in [0.3, 0.4) is 0 Å². The molecular weight excluding hydrogens is 453 g/mol. The third kappa shape index (κ3) is 4.64. The number of aliphatic hydroxyl groups is 1. The smallest absolute Gasteiger partial charge is 0.264 e. The van der Waals surface area contributed by atoms with Crippen molar-refractivity contribution in [1.82, 2.24) is 24.2 Å². The van der Waals surface area contributed by atoms with E-state index in [1.807, 2.05) is 0 Å². The first-order chi connectivity index (χ1) is 16.4. The van der Waals surface area contributed by atoms with Gasteiger partial charge in [-0.1, -0.05) is 12.1 Å². The third-order valence-electron chi connectivity index (χ3n) is 6.44. The number of thioether (sulfide) groups is 1. The van der Waals surface area contributed by atoms with Crippen molar-refractivity contribution in [3.8, 4) is 5.69 Å². The number of benzene rings is 2. The quantitative estimate of drug-likeness (QED) is 0.427. The molecule has 34 heavy (non-hydrogen) atoms. The summed E-state index contributed by atoms with van der Waals surface area (Å²) in [4.78, 5) is 21.1. The van der Waals surface area contributed by atoms with Crippen LogP contribution in [0.5, 0.6) is 0 Å². The van der Waals surface area contributed by atoms with E-state index in [0.717, 1.165) is 19.6 Å². The van der Waals surface area contributed by atoms with Gasteiger partial charge in [-0.05, 0) is 61.1 Å². The summed E-state index contributed by atoms with van der Waals surface area (Å²) < 4.78 is 16.2. The first-order valence-corrected chi connectivity index (χ1v) is 12.4. The topological polar surface area (TPSA) is 76.2 Å². The van der Waals surface area contributed by atoms with Crippen molar-refractivity contribution in [1.29, 1.82) is 0 Å². The molecule has 9 heteroatoms. The Morgan fingerprint density at radius 1 is 1.09 bits per heavy atom. The highest BCUT2D eigenvalue weighted by Crippen LogP contribution is 2.26. The lowest BCUT2D eigenvalue weighted by Crippen LogP contribution is -2.47. The predicted octanol–water partition coefficient (Wildman–Crippen LogP) is 3.47. The molecule has 0 saturated carbocycles. The SMILES string of the molecule is CSc1ccc(CN2CCC(O)(Cn3cnc4c(cnn4-c4ccc(F)cc4)c3=O)CC2)cc1. The number of likely N-dealkylation sites (tertiary alicyclic amines) is 1. The minimum atomic E-state index is -0.967. The number of nitrogens with zero attached hydrogens (tertiary/aromatic N) is 5. The van der Waals surface area contributed by atoms with Crippen LogP contribution in [0.4, 0.5) is 4.39 Å². The van der Waals surface area contributed by atoms with Crippen LogP contribution in [0.15, 0.2) is 70.7 Å². The van der Waals surface area contributed by atoms with Crippen LogP contribution in [-0.2, 0) is 13.1 Å². The second-order valence-electron chi connectivity index (χ2n) is 8.80. The van der Waals surface area contributed by atoms with Gasteiger partial charge in [0.25, 0.3) is 5.56 Å². The van der Waals surface area contributed by atoms with Crippen molar-refractivity contribution >= 4 is 22.8 Å². The summed E-state index contributed by atoms with van der Waals surface area (Å²) in [7, 11) is 0. The largest absolute Gasteiger partial charge is 0.388 e. The summed E-state index contributed by atoms with van der Waals surface area (Å²) in [6.45, 7) is 2.55. The summed E-state index contributed by atoms with van der Waals surface area (Å²) in [6, 6.07) is 14.4. The Labute approximate surface area is 200 Å². The standard InChI is InChI=1S/C25H26FN5O2S/c1-34-21-8-2-18(3-9-21)15-29-12-10-25(33,11-13-29)16-30-17-27-23-22(24(30)32)14-28-31(23)20-6-4-19(26)5-7-20/h2-9,14,17,33H,10-13,15-16H2,1H3. The van der Waals surface area contributed by atoms with Gasteiger partial charge in [-0.15, -0.1) is 11.8 Å². The van der Waals surface area contributed by atoms with Crippen molar-refractivity contribution in [2.45, 2.75) is 36.4 Å². The molecule has 1 saturated heterocycles. The monoisotopic (exact) mass is 479 g/mol. The molecule has 0 radical (unpaired) electrons. The second kappa shape index (κ2) is 9.32. The fourth-order valence-electron chi connectivity index (χ4n) is 4.42. The van der Waals surface area contributed by atoms with Crippen molar-refractivity contribution < 1.29 is 9.50 Å². The third-order valence-corrected chi connectivity index (χ3v) is 7.19. The molecule has 0 aliphatic carbocycles. The zero-order valence-electron chi connectivity index (χ0n) is 18.9. The Hall–Kier alpha value is -3.01. The Balaban J connectivity index is 1.28. The van der Waals surface area contributed by atoms with Gasteiger partial charge in [0.05, 0.1) is 24.0 Å². The van der Waals surface area contributed by atoms with Gasteiger partial charge in [0.2, 0.25) is 0 Å². The Bertz CT molecular complexity index is 1340. The average molecular weight is 480 g/mol. The van der Waals surface area contributed by atoms with Gasteiger partial charge in [-0.25, -0.2) is 14.1 Å². The minimum absolute atomic E-state index is 0.187. The molecule has 1 fully saturated rings. The lowest BCUT2D eigenvalue weighted by Gasteiger charge is -2.38. The lowest BCUT2D eigenvalue weighted by atomic mass is 9.91. The molecule has 176 valence electrons. The van der Waals surface area contributed by atoms with Crippen LogP contribution in [0.2, 0.25) is 0 Å². The van der Waals surface area contributed by atoms with Crippen LogP contribution in [-0.4, -0.2) is 54.3 Å². The Morgan fingerprint density at radius 2 is 1.79 bits per heavy atom. The van der Waals surface area contributed by atoms with Gasteiger partial charge in [-0.3, -0.25) is 14.3 Å². The van der Waals surface area contributed by atoms with Gasteiger partial charge in [0.15, 0.2) is 5.65 Å². The fourth-order valence-corrected chi connectivity index (χ4v) is 4.83. The normalized spacial score (nSPS) is 16.2. The number of aromatic nitrogens is 4. The lowest BCUT2D eigenvalue weighted by molar-refractivity contribution is -0.0364. The summed E-state index contributed by atoms with van der Waals surface area (Å²) in [5.41, 5.74) is 1.07. The highest BCUT2D eigenvalue weighted by atomic mass is 32.2. The summed E-state index contributed by atoms with van der Waals surface area (Å²) in [5, 5.41) is 15.8. The maximum atomic E-state index is 13.3. The Morgan fingerprint density at radius 3 is 2.47 bits per heavy atom. The maximum absolute atomic E-state index is 13.3. The van der Waals surface area contributed by atoms with Crippen molar-refractivity contribution in [2.24, 2.45) is 0 Å². The highest BCUT2D eigenvalue weighted by Gasteiger charge is 2.33. The summed E-state index contributed by atoms with van der Waals surface area (Å²) in [5.74, 6) is -0.344. The van der Waals surface area contributed by atoms with E-state index in [1.54, 1.807) is 23.9 Å². The van der Waals surface area contributed by atoms with E-state index in [0.29, 0.717) is 29.6 Å². The number of fused-ring (bicyclic) bond motifs is 1. The number of piperidine rings is 1. The number of hydrogen-bond acceptors (Lipinski definition) is 6. The van der Waals surface area contributed by atoms with Crippen molar-refractivity contribution in [3.05, 3.63) is 82.8 Å². The second-order valence-corrected chi connectivity index (χ2v) is 9.68. The highest BCUT2D eigenvalue weighted by molar-refractivity contribution is 7.98. The van der Waals surface area contributed by atoms with E-state index < -0.39 is 5.60 Å². The molecule has 7 nitrogen and oxygen atoms in total.